The van der Waals surface area contributed by atoms with E-state index in [0.29, 0.717) is 0 Å². The summed E-state index contributed by atoms with van der Waals surface area (Å²) in [5, 5.41) is 2.89. The van der Waals surface area contributed by atoms with E-state index in [2.05, 4.69) is 303 Å². The zero-order valence-electron chi connectivity index (χ0n) is 46.6. The smallest absolute Gasteiger partial charge is 0.333 e. The summed E-state index contributed by atoms with van der Waals surface area (Å²) in [7, 11) is -8.58. The maximum Gasteiger partial charge on any atom is 0.333 e. The molecule has 5 nitrogen and oxygen atoms in total. The fourth-order valence-electron chi connectivity index (χ4n) is 14.6. The largest absolute Gasteiger partial charge is 0.457 e. The topological polar surface area (TPSA) is 21.7 Å². The zero-order chi connectivity index (χ0) is 52.4. The highest BCUT2D eigenvalue weighted by atomic mass is 29.6. The van der Waals surface area contributed by atoms with Crippen LogP contribution in [-0.2, 0) is 5.41 Å². The standard InChI is InChI=1S/C65H77BN4OSi3/c1-61(2,3)67-59(48-32-20-15-21-33-48)68(62(4,5)6)73(67)55-44-30-42-53-57(55)71-58-54(65(53,13)14)43-31-45-56(58)74(69(63(7,8)9)60(70(74)64(10,11)12)49-34-22-16-23-35-49)72(73)47-46-66(50-36-24-17-25-37-50,51-38-26-18-27-39-51)52-40-28-19-29-41-52/h15-45H,46-47H2,1-14H3. The Bertz CT molecular complexity index is 3080. The van der Waals surface area contributed by atoms with Gasteiger partial charge < -0.3 is 4.74 Å². The van der Waals surface area contributed by atoms with Crippen molar-refractivity contribution in [3.63, 3.8) is 0 Å². The van der Waals surface area contributed by atoms with Crippen molar-refractivity contribution in [1.82, 2.24) is 9.13 Å². The lowest BCUT2D eigenvalue weighted by atomic mass is 9.14. The highest BCUT2D eigenvalue weighted by Gasteiger charge is 2.81. The second-order valence-corrected chi connectivity index (χ2v) is 42.5. The molecule has 4 aliphatic rings. The van der Waals surface area contributed by atoms with Crippen LogP contribution in [0.15, 0.2) is 188 Å². The van der Waals surface area contributed by atoms with Gasteiger partial charge in [0.25, 0.3) is 11.7 Å². The minimum atomic E-state index is -3.37. The Morgan fingerprint density at radius 3 is 1.08 bits per heavy atom. The molecule has 2 atom stereocenters. The molecule has 7 aromatic carbocycles. The molecule has 378 valence electrons. The first-order chi connectivity index (χ1) is 35.0. The molecule has 7 aromatic rings. The molecule has 11 rings (SSSR count). The molecule has 4 aliphatic heterocycles. The molecule has 74 heavy (non-hydrogen) atoms. The molecule has 0 N–H and O–H groups in total. The van der Waals surface area contributed by atoms with Crippen LogP contribution in [0.25, 0.3) is 0 Å². The number of hydrogen-bond acceptors (Lipinski definition) is 3. The molecule has 4 heterocycles. The molecule has 0 saturated heterocycles. The Morgan fingerprint density at radius 2 is 0.770 bits per heavy atom. The van der Waals surface area contributed by atoms with Gasteiger partial charge in [0, 0.05) is 26.9 Å². The van der Waals surface area contributed by atoms with Crippen LogP contribution in [0.4, 0.5) is 0 Å². The van der Waals surface area contributed by atoms with E-state index in [4.69, 9.17) is 4.74 Å². The monoisotopic (exact) mass is 1020 g/mol. The van der Waals surface area contributed by atoms with E-state index < -0.39 is 29.8 Å². The number of hydrogen-bond donors (Lipinski definition) is 0. The highest BCUT2D eigenvalue weighted by Crippen LogP contribution is 2.55. The van der Waals surface area contributed by atoms with Crippen LogP contribution >= 0.6 is 0 Å². The van der Waals surface area contributed by atoms with Crippen molar-refractivity contribution in [2.75, 3.05) is 0 Å². The number of fused-ring (bicyclic) bond motifs is 2. The van der Waals surface area contributed by atoms with E-state index in [1.54, 1.807) is 0 Å². The maximum absolute atomic E-state index is 8.07. The molecule has 0 aliphatic carbocycles. The number of benzene rings is 7. The Labute approximate surface area is 446 Å². The fraction of sp³-hybridized carbons (Fsp3) is 0.323. The first-order valence-corrected chi connectivity index (χ1v) is 34.8. The molecule has 2 spiro atoms. The van der Waals surface area contributed by atoms with Crippen molar-refractivity contribution in [3.8, 4) is 11.5 Å². The van der Waals surface area contributed by atoms with Gasteiger partial charge in [0.2, 0.25) is 0 Å². The lowest BCUT2D eigenvalue weighted by molar-refractivity contribution is -0.515. The summed E-state index contributed by atoms with van der Waals surface area (Å²) in [5.41, 5.74) is 7.91. The number of amidine groups is 2. The summed E-state index contributed by atoms with van der Waals surface area (Å²) in [5.74, 6) is 4.92. The molecule has 0 unspecified atom stereocenters. The van der Waals surface area contributed by atoms with Gasteiger partial charge in [0.15, 0.2) is 0 Å². The van der Waals surface area contributed by atoms with Crippen molar-refractivity contribution in [2.45, 2.75) is 137 Å². The molecule has 2 bridgehead atoms. The minimum absolute atomic E-state index is 0.281. The Kier molecular flexibility index (Phi) is 11.7. The third-order valence-corrected chi connectivity index (χ3v) is 45.0. The van der Waals surface area contributed by atoms with Gasteiger partial charge in [-0.1, -0.05) is 178 Å². The van der Waals surface area contributed by atoms with Crippen LogP contribution in [0.5, 0.6) is 11.5 Å². The van der Waals surface area contributed by atoms with Crippen LogP contribution < -0.4 is 31.5 Å². The summed E-state index contributed by atoms with van der Waals surface area (Å²) >= 11 is 0. The molecule has 9 heteroatoms. The van der Waals surface area contributed by atoms with Crippen LogP contribution in [-0.4, -0.2) is 81.2 Å². The second-order valence-electron chi connectivity index (χ2n) is 26.1. The molecule has 0 radical (unpaired) electrons. The Morgan fingerprint density at radius 1 is 0.446 bits per heavy atom. The summed E-state index contributed by atoms with van der Waals surface area (Å²) in [6, 6.07) is 73.6. The van der Waals surface area contributed by atoms with E-state index in [0.717, 1.165) is 23.9 Å². The van der Waals surface area contributed by atoms with Gasteiger partial charge in [0.1, 0.15) is 11.5 Å². The van der Waals surface area contributed by atoms with Gasteiger partial charge >= 0.3 is 15.8 Å². The molecular weight excluding hydrogens is 948 g/mol. The van der Waals surface area contributed by atoms with Crippen molar-refractivity contribution in [2.24, 2.45) is 0 Å². The SMILES string of the molecule is CC1(C)c2cccc3c2Oc2c1cccc2[Si@@]1(N(C(C)(C)C)C(c2ccccc2)=[N+]1C(C)(C)C)[Si-](CC[B-](c1ccccc1)(c1ccccc1)c1ccccc1)[Si@]31N(C(C)(C)C)C(c2ccccc2)=[N+]1C(C)(C)C. The van der Waals surface area contributed by atoms with Gasteiger partial charge in [-0.3, -0.25) is 17.6 Å². The number of rotatable bonds is 8. The fourth-order valence-corrected chi connectivity index (χ4v) is 53.9. The maximum atomic E-state index is 8.07. The van der Waals surface area contributed by atoms with Crippen LogP contribution in [0.1, 0.15) is 119 Å². The van der Waals surface area contributed by atoms with Gasteiger partial charge in [-0.25, -0.2) is 16.4 Å². The summed E-state index contributed by atoms with van der Waals surface area (Å²) < 4.78 is 20.5. The summed E-state index contributed by atoms with van der Waals surface area (Å²) in [6.45, 7) is 35.1. The van der Waals surface area contributed by atoms with Gasteiger partial charge in [0.05, 0.1) is 39.4 Å². The van der Waals surface area contributed by atoms with E-state index in [-0.39, 0.29) is 27.6 Å². The molecular formula is C65H77BN4OSi3. The van der Waals surface area contributed by atoms with Crippen LogP contribution in [0.2, 0.25) is 12.4 Å². The van der Waals surface area contributed by atoms with Crippen molar-refractivity contribution < 1.29 is 13.2 Å². The lowest BCUT2D eigenvalue weighted by Crippen LogP contribution is -3.03. The lowest BCUT2D eigenvalue weighted by Gasteiger charge is -2.71. The number of ether oxygens (including phenoxy) is 1. The van der Waals surface area contributed by atoms with E-state index in [9.17, 15) is 0 Å². The van der Waals surface area contributed by atoms with Crippen LogP contribution in [0.3, 0.4) is 0 Å². The van der Waals surface area contributed by atoms with Gasteiger partial charge in [-0.2, -0.15) is 12.4 Å². The zero-order valence-corrected chi connectivity index (χ0v) is 49.6. The molecule has 0 saturated carbocycles. The Balaban J connectivity index is 1.40. The third kappa shape index (κ3) is 7.11. The average molecular weight is 1030 g/mol. The van der Waals surface area contributed by atoms with Gasteiger partial charge in [-0.15, -0.1) is 0 Å². The van der Waals surface area contributed by atoms with E-state index in [1.165, 1.54) is 60.7 Å². The highest BCUT2D eigenvalue weighted by molar-refractivity contribution is 7.63. The van der Waals surface area contributed by atoms with Crippen molar-refractivity contribution in [3.05, 3.63) is 210 Å². The third-order valence-electron chi connectivity index (χ3n) is 17.0. The quantitative estimate of drug-likeness (QED) is 0.142. The van der Waals surface area contributed by atoms with Crippen molar-refractivity contribution in [1.29, 1.82) is 0 Å². The second kappa shape index (κ2) is 17.3. The summed E-state index contributed by atoms with van der Waals surface area (Å²) in [4.78, 5) is 0. The van der Waals surface area contributed by atoms with E-state index >= 15 is 0 Å². The predicted octanol–water partition coefficient (Wildman–Crippen LogP) is 11.0. The first-order valence-electron chi connectivity index (χ1n) is 27.3. The van der Waals surface area contributed by atoms with Gasteiger partial charge in [-0.05, 0) is 115 Å². The minimum Gasteiger partial charge on any atom is -0.457 e. The Hall–Kier alpha value is -6.00. The molecule has 0 amide bonds. The predicted molar refractivity (Wildman–Crippen MR) is 320 cm³/mol. The number of para-hydroxylation sites is 2. The number of nitrogens with zero attached hydrogens (tertiary/aromatic N) is 4. The molecule has 0 aromatic heterocycles. The first kappa shape index (κ1) is 50.2. The van der Waals surface area contributed by atoms with Crippen molar-refractivity contribution >= 4 is 68.2 Å². The normalized spacial score (nSPS) is 20.5. The van der Waals surface area contributed by atoms with Crippen LogP contribution in [0, 0.1) is 0 Å². The molecule has 0 fully saturated rings. The summed E-state index contributed by atoms with van der Waals surface area (Å²) in [6.07, 6.45) is -0.544. The average Bonchev–Trinajstić information content (AvgIpc) is 3.33. The van der Waals surface area contributed by atoms with E-state index in [1.807, 2.05) is 0 Å².